The van der Waals surface area contributed by atoms with Crippen LogP contribution >= 0.6 is 22.6 Å². The third-order valence-electron chi connectivity index (χ3n) is 5.54. The fourth-order valence-electron chi connectivity index (χ4n) is 3.82. The van der Waals surface area contributed by atoms with E-state index >= 15 is 0 Å². The number of anilines is 1. The van der Waals surface area contributed by atoms with E-state index in [0.29, 0.717) is 24.1 Å². The number of hydrogen-bond donors (Lipinski definition) is 1. The molecule has 0 atom stereocenters. The van der Waals surface area contributed by atoms with Gasteiger partial charge >= 0.3 is 0 Å². The number of nitrogens with zero attached hydrogens (tertiary/aromatic N) is 1. The van der Waals surface area contributed by atoms with Crippen LogP contribution in [-0.4, -0.2) is 29.2 Å². The molecule has 3 amide bonds. The highest BCUT2D eigenvalue weighted by atomic mass is 127. The van der Waals surface area contributed by atoms with Gasteiger partial charge in [0.2, 0.25) is 5.91 Å². The van der Waals surface area contributed by atoms with Crippen molar-refractivity contribution in [2.24, 2.45) is 0 Å². The van der Waals surface area contributed by atoms with Crippen LogP contribution in [0.1, 0.15) is 78.5 Å². The number of benzene rings is 2. The Morgan fingerprint density at radius 3 is 1.84 bits per heavy atom. The Bertz CT molecular complexity index is 876. The first-order valence-electron chi connectivity index (χ1n) is 11.1. The number of halogens is 1. The van der Waals surface area contributed by atoms with Gasteiger partial charge in [-0.3, -0.25) is 19.3 Å². The summed E-state index contributed by atoms with van der Waals surface area (Å²) in [5, 5.41) is 2.94. The predicted octanol–water partition coefficient (Wildman–Crippen LogP) is 6.04. The number of nitrogens with one attached hydrogen (secondary N) is 1. The van der Waals surface area contributed by atoms with Crippen LogP contribution in [0.4, 0.5) is 5.69 Å². The number of carbonyl (C=O) groups excluding carboxylic acids is 3. The second-order valence-electron chi connectivity index (χ2n) is 7.94. The minimum absolute atomic E-state index is 0.0781. The summed E-state index contributed by atoms with van der Waals surface area (Å²) < 4.78 is 1.15. The van der Waals surface area contributed by atoms with Crippen LogP contribution in [0.3, 0.4) is 0 Å². The standard InChI is InChI=1S/C25H29IN2O3/c26-19-14-16-20(17-15-19)27-23(29)13-7-5-3-1-2-4-6-10-18-28-24(30)21-11-8-9-12-22(21)25(28)31/h8-9,11-12,14-17H,1-7,10,13,18H2,(H,27,29). The summed E-state index contributed by atoms with van der Waals surface area (Å²) in [6, 6.07) is 14.9. The minimum Gasteiger partial charge on any atom is -0.326 e. The molecule has 3 rings (SSSR count). The Balaban J connectivity index is 1.18. The Hall–Kier alpha value is -2.22. The Morgan fingerprint density at radius 2 is 1.26 bits per heavy atom. The molecule has 164 valence electrons. The van der Waals surface area contributed by atoms with Crippen LogP contribution in [0.2, 0.25) is 0 Å². The number of unbranched alkanes of at least 4 members (excludes halogenated alkanes) is 7. The summed E-state index contributed by atoms with van der Waals surface area (Å²) in [6.45, 7) is 0.502. The number of carbonyl (C=O) groups is 3. The van der Waals surface area contributed by atoms with Crippen molar-refractivity contribution in [3.8, 4) is 0 Å². The van der Waals surface area contributed by atoms with Crippen molar-refractivity contribution in [2.75, 3.05) is 11.9 Å². The first-order valence-corrected chi connectivity index (χ1v) is 12.1. The highest BCUT2D eigenvalue weighted by Gasteiger charge is 2.34. The lowest BCUT2D eigenvalue weighted by molar-refractivity contribution is -0.116. The van der Waals surface area contributed by atoms with Gasteiger partial charge in [0.1, 0.15) is 0 Å². The van der Waals surface area contributed by atoms with Crippen molar-refractivity contribution in [1.29, 1.82) is 0 Å². The summed E-state index contributed by atoms with van der Waals surface area (Å²) in [5.74, 6) is -0.243. The zero-order valence-electron chi connectivity index (χ0n) is 17.7. The predicted molar refractivity (Wildman–Crippen MR) is 131 cm³/mol. The van der Waals surface area contributed by atoms with Crippen LogP contribution < -0.4 is 5.32 Å². The largest absolute Gasteiger partial charge is 0.326 e. The maximum atomic E-state index is 12.3. The van der Waals surface area contributed by atoms with Gasteiger partial charge in [-0.05, 0) is 71.8 Å². The highest BCUT2D eigenvalue weighted by molar-refractivity contribution is 14.1. The Kier molecular flexibility index (Phi) is 9.06. The molecule has 0 unspecified atom stereocenters. The van der Waals surface area contributed by atoms with Crippen molar-refractivity contribution in [2.45, 2.75) is 57.8 Å². The highest BCUT2D eigenvalue weighted by Crippen LogP contribution is 2.23. The molecular weight excluding hydrogens is 503 g/mol. The van der Waals surface area contributed by atoms with Gasteiger partial charge in [-0.1, -0.05) is 50.7 Å². The molecule has 2 aromatic carbocycles. The molecule has 5 nitrogen and oxygen atoms in total. The molecule has 1 aliphatic heterocycles. The molecule has 1 aliphatic rings. The van der Waals surface area contributed by atoms with E-state index in [-0.39, 0.29) is 17.7 Å². The van der Waals surface area contributed by atoms with E-state index in [9.17, 15) is 14.4 Å². The average molecular weight is 532 g/mol. The summed E-state index contributed by atoms with van der Waals surface area (Å²) in [4.78, 5) is 38.0. The first-order chi connectivity index (χ1) is 15.1. The lowest BCUT2D eigenvalue weighted by Gasteiger charge is -2.13. The Morgan fingerprint density at radius 1 is 0.742 bits per heavy atom. The molecule has 0 bridgehead atoms. The normalized spacial score (nSPS) is 12.9. The quantitative estimate of drug-likeness (QED) is 0.206. The van der Waals surface area contributed by atoms with E-state index in [1.807, 2.05) is 24.3 Å². The van der Waals surface area contributed by atoms with Gasteiger partial charge in [0.25, 0.3) is 11.8 Å². The van der Waals surface area contributed by atoms with Crippen LogP contribution in [0, 0.1) is 3.57 Å². The van der Waals surface area contributed by atoms with Crippen LogP contribution in [0.15, 0.2) is 48.5 Å². The summed E-state index contributed by atoms with van der Waals surface area (Å²) in [7, 11) is 0. The molecule has 0 aliphatic carbocycles. The van der Waals surface area contributed by atoms with E-state index < -0.39 is 0 Å². The van der Waals surface area contributed by atoms with Crippen molar-refractivity contribution in [3.05, 3.63) is 63.2 Å². The van der Waals surface area contributed by atoms with Crippen LogP contribution in [0.25, 0.3) is 0 Å². The summed E-state index contributed by atoms with van der Waals surface area (Å²) >= 11 is 2.24. The molecule has 6 heteroatoms. The van der Waals surface area contributed by atoms with Crippen molar-refractivity contribution < 1.29 is 14.4 Å². The molecule has 0 fully saturated rings. The molecule has 0 spiro atoms. The zero-order chi connectivity index (χ0) is 22.1. The van der Waals surface area contributed by atoms with E-state index in [2.05, 4.69) is 27.9 Å². The molecule has 31 heavy (non-hydrogen) atoms. The second kappa shape index (κ2) is 12.0. The first kappa shape index (κ1) is 23.4. The number of fused-ring (bicyclic) bond motifs is 1. The third kappa shape index (κ3) is 6.89. The van der Waals surface area contributed by atoms with E-state index in [1.165, 1.54) is 4.90 Å². The lowest BCUT2D eigenvalue weighted by atomic mass is 10.1. The lowest BCUT2D eigenvalue weighted by Crippen LogP contribution is -2.30. The van der Waals surface area contributed by atoms with Crippen LogP contribution in [0.5, 0.6) is 0 Å². The average Bonchev–Trinajstić information content (AvgIpc) is 3.01. The van der Waals surface area contributed by atoms with Gasteiger partial charge in [-0.2, -0.15) is 0 Å². The number of rotatable bonds is 12. The van der Waals surface area contributed by atoms with Gasteiger partial charge in [0, 0.05) is 22.2 Å². The minimum atomic E-state index is -0.161. The van der Waals surface area contributed by atoms with E-state index in [0.717, 1.165) is 60.6 Å². The number of imide groups is 1. The van der Waals surface area contributed by atoms with Gasteiger partial charge in [-0.25, -0.2) is 0 Å². The smallest absolute Gasteiger partial charge is 0.261 e. The van der Waals surface area contributed by atoms with Crippen molar-refractivity contribution >= 4 is 46.0 Å². The Labute approximate surface area is 197 Å². The van der Waals surface area contributed by atoms with E-state index in [1.54, 1.807) is 24.3 Å². The van der Waals surface area contributed by atoms with Gasteiger partial charge in [0.15, 0.2) is 0 Å². The fourth-order valence-corrected chi connectivity index (χ4v) is 4.17. The topological polar surface area (TPSA) is 66.5 Å². The van der Waals surface area contributed by atoms with Crippen molar-refractivity contribution in [1.82, 2.24) is 4.90 Å². The second-order valence-corrected chi connectivity index (χ2v) is 9.19. The summed E-state index contributed by atoms with van der Waals surface area (Å²) in [6.07, 6.45) is 8.96. The molecular formula is C25H29IN2O3. The fraction of sp³-hybridized carbons (Fsp3) is 0.400. The monoisotopic (exact) mass is 532 g/mol. The van der Waals surface area contributed by atoms with Crippen molar-refractivity contribution in [3.63, 3.8) is 0 Å². The van der Waals surface area contributed by atoms with Gasteiger partial charge in [-0.15, -0.1) is 0 Å². The third-order valence-corrected chi connectivity index (χ3v) is 6.26. The maximum absolute atomic E-state index is 12.3. The molecule has 1 N–H and O–H groups in total. The molecule has 0 radical (unpaired) electrons. The van der Waals surface area contributed by atoms with Crippen LogP contribution in [-0.2, 0) is 4.79 Å². The molecule has 0 aromatic heterocycles. The molecule has 0 saturated heterocycles. The van der Waals surface area contributed by atoms with Gasteiger partial charge < -0.3 is 5.32 Å². The number of amides is 3. The molecule has 2 aromatic rings. The number of hydrogen-bond acceptors (Lipinski definition) is 3. The maximum Gasteiger partial charge on any atom is 0.261 e. The zero-order valence-corrected chi connectivity index (χ0v) is 19.9. The summed E-state index contributed by atoms with van der Waals surface area (Å²) in [5.41, 5.74) is 1.91. The molecule has 1 heterocycles. The SMILES string of the molecule is O=C(CCCCCCCCCCN1C(=O)c2ccccc2C1=O)Nc1ccc(I)cc1. The molecule has 0 saturated carbocycles. The van der Waals surface area contributed by atoms with Gasteiger partial charge in [0.05, 0.1) is 11.1 Å². The van der Waals surface area contributed by atoms with E-state index in [4.69, 9.17) is 0 Å².